The SMILES string of the molecule is CSCCC(NC(=O)c1cccc(C)c1)C(=O)Nc1nc2c(s1)CCCCCC2. The zero-order valence-electron chi connectivity index (χ0n) is 17.1. The highest BCUT2D eigenvalue weighted by atomic mass is 32.2. The minimum Gasteiger partial charge on any atom is -0.340 e. The molecule has 2 N–H and O–H groups in total. The Labute approximate surface area is 181 Å². The molecule has 1 aliphatic rings. The number of fused-ring (bicyclic) bond motifs is 1. The summed E-state index contributed by atoms with van der Waals surface area (Å²) in [7, 11) is 0. The van der Waals surface area contributed by atoms with Gasteiger partial charge >= 0.3 is 0 Å². The molecule has 1 atom stereocenters. The van der Waals surface area contributed by atoms with Crippen LogP contribution >= 0.6 is 23.1 Å². The summed E-state index contributed by atoms with van der Waals surface area (Å²) in [6.07, 6.45) is 9.47. The first-order chi connectivity index (χ1) is 14.1. The van der Waals surface area contributed by atoms with Crippen LogP contribution in [0.2, 0.25) is 0 Å². The van der Waals surface area contributed by atoms with Gasteiger partial charge < -0.3 is 10.6 Å². The van der Waals surface area contributed by atoms with Crippen LogP contribution in [-0.4, -0.2) is 34.8 Å². The monoisotopic (exact) mass is 431 g/mol. The Bertz CT molecular complexity index is 825. The number of hydrogen-bond acceptors (Lipinski definition) is 5. The Morgan fingerprint density at radius 1 is 1.21 bits per heavy atom. The van der Waals surface area contributed by atoms with Crippen molar-refractivity contribution >= 4 is 40.0 Å². The highest BCUT2D eigenvalue weighted by Crippen LogP contribution is 2.28. The van der Waals surface area contributed by atoms with E-state index in [9.17, 15) is 9.59 Å². The summed E-state index contributed by atoms with van der Waals surface area (Å²) in [4.78, 5) is 31.6. The Balaban J connectivity index is 1.68. The van der Waals surface area contributed by atoms with Crippen LogP contribution in [0, 0.1) is 6.92 Å². The van der Waals surface area contributed by atoms with Crippen molar-refractivity contribution in [3.8, 4) is 0 Å². The maximum absolute atomic E-state index is 12.9. The van der Waals surface area contributed by atoms with Crippen molar-refractivity contribution in [2.24, 2.45) is 0 Å². The summed E-state index contributed by atoms with van der Waals surface area (Å²) in [5, 5.41) is 6.52. The second-order valence-corrected chi connectivity index (χ2v) is 9.54. The highest BCUT2D eigenvalue weighted by Gasteiger charge is 2.23. The number of nitrogens with zero attached hydrogens (tertiary/aromatic N) is 1. The molecule has 1 unspecified atom stereocenters. The standard InChI is InChI=1S/C22H29N3O2S2/c1-15-8-7-9-16(14-15)20(26)23-18(12-13-28-2)21(27)25-22-24-17-10-5-3-4-6-11-19(17)29-22/h7-9,14,18H,3-6,10-13H2,1-2H3,(H,23,26)(H,24,25,27). The van der Waals surface area contributed by atoms with Crippen LogP contribution in [0.3, 0.4) is 0 Å². The number of thioether (sulfide) groups is 1. The molecule has 2 amide bonds. The third-order valence-corrected chi connectivity index (χ3v) is 6.81. The minimum atomic E-state index is -0.582. The number of thiazole rings is 1. The van der Waals surface area contributed by atoms with Gasteiger partial charge in [-0.05, 0) is 63.2 Å². The summed E-state index contributed by atoms with van der Waals surface area (Å²) in [5.74, 6) is 0.378. The predicted molar refractivity (Wildman–Crippen MR) is 122 cm³/mol. The van der Waals surface area contributed by atoms with E-state index in [1.807, 2.05) is 31.4 Å². The summed E-state index contributed by atoms with van der Waals surface area (Å²) in [5.41, 5.74) is 2.72. The van der Waals surface area contributed by atoms with Crippen molar-refractivity contribution in [1.82, 2.24) is 10.3 Å². The molecule has 1 aliphatic carbocycles. The smallest absolute Gasteiger partial charge is 0.251 e. The van der Waals surface area contributed by atoms with Gasteiger partial charge in [-0.15, -0.1) is 11.3 Å². The molecule has 0 saturated carbocycles. The van der Waals surface area contributed by atoms with Gasteiger partial charge in [-0.25, -0.2) is 4.98 Å². The molecule has 0 radical (unpaired) electrons. The van der Waals surface area contributed by atoms with Crippen LogP contribution in [0.1, 0.15) is 58.6 Å². The van der Waals surface area contributed by atoms with E-state index < -0.39 is 6.04 Å². The van der Waals surface area contributed by atoms with Crippen molar-refractivity contribution in [2.45, 2.75) is 57.9 Å². The van der Waals surface area contributed by atoms with Gasteiger partial charge in [0.2, 0.25) is 5.91 Å². The molecular weight excluding hydrogens is 402 g/mol. The van der Waals surface area contributed by atoms with Crippen molar-refractivity contribution in [1.29, 1.82) is 0 Å². The number of benzene rings is 1. The molecule has 156 valence electrons. The molecule has 1 heterocycles. The van der Waals surface area contributed by atoms with E-state index in [0.29, 0.717) is 17.1 Å². The van der Waals surface area contributed by atoms with Crippen LogP contribution in [0.5, 0.6) is 0 Å². The molecule has 1 aromatic carbocycles. The van der Waals surface area contributed by atoms with E-state index in [4.69, 9.17) is 0 Å². The molecule has 0 fully saturated rings. The number of carbonyl (C=O) groups excluding carboxylic acids is 2. The fourth-order valence-electron chi connectivity index (χ4n) is 3.48. The topological polar surface area (TPSA) is 71.1 Å². The Morgan fingerprint density at radius 2 is 2.00 bits per heavy atom. The molecule has 5 nitrogen and oxygen atoms in total. The highest BCUT2D eigenvalue weighted by molar-refractivity contribution is 7.98. The van der Waals surface area contributed by atoms with Crippen molar-refractivity contribution in [2.75, 3.05) is 17.3 Å². The van der Waals surface area contributed by atoms with E-state index in [2.05, 4.69) is 15.6 Å². The number of aryl methyl sites for hydroxylation is 3. The van der Waals surface area contributed by atoms with Gasteiger partial charge in [-0.1, -0.05) is 30.5 Å². The first-order valence-electron chi connectivity index (χ1n) is 10.2. The molecule has 0 bridgehead atoms. The van der Waals surface area contributed by atoms with Crippen molar-refractivity contribution in [3.05, 3.63) is 46.0 Å². The van der Waals surface area contributed by atoms with E-state index in [0.717, 1.165) is 36.3 Å². The third kappa shape index (κ3) is 6.31. The Hall–Kier alpha value is -1.86. The van der Waals surface area contributed by atoms with Crippen LogP contribution < -0.4 is 10.6 Å². The molecule has 0 aliphatic heterocycles. The molecule has 3 rings (SSSR count). The number of amides is 2. The number of aromatic nitrogens is 1. The summed E-state index contributed by atoms with van der Waals surface area (Å²) < 4.78 is 0. The van der Waals surface area contributed by atoms with Crippen molar-refractivity contribution < 1.29 is 9.59 Å². The zero-order valence-corrected chi connectivity index (χ0v) is 18.8. The zero-order chi connectivity index (χ0) is 20.6. The van der Waals surface area contributed by atoms with E-state index >= 15 is 0 Å². The van der Waals surface area contributed by atoms with Gasteiger partial charge in [-0.2, -0.15) is 11.8 Å². The number of hydrogen-bond donors (Lipinski definition) is 2. The number of rotatable bonds is 7. The molecule has 29 heavy (non-hydrogen) atoms. The van der Waals surface area contributed by atoms with Crippen LogP contribution in [0.4, 0.5) is 5.13 Å². The van der Waals surface area contributed by atoms with Gasteiger partial charge in [0, 0.05) is 10.4 Å². The first-order valence-corrected chi connectivity index (χ1v) is 12.4. The first kappa shape index (κ1) is 21.8. The second-order valence-electron chi connectivity index (χ2n) is 7.47. The van der Waals surface area contributed by atoms with Gasteiger partial charge in [0.25, 0.3) is 5.91 Å². The van der Waals surface area contributed by atoms with Gasteiger partial charge in [0.15, 0.2) is 5.13 Å². The molecular formula is C22H29N3O2S2. The number of carbonyl (C=O) groups is 2. The Morgan fingerprint density at radius 3 is 2.76 bits per heavy atom. The summed E-state index contributed by atoms with van der Waals surface area (Å²) >= 11 is 3.25. The fraction of sp³-hybridized carbons (Fsp3) is 0.500. The lowest BCUT2D eigenvalue weighted by Gasteiger charge is -2.17. The van der Waals surface area contributed by atoms with E-state index in [1.165, 1.54) is 24.1 Å². The average Bonchev–Trinajstić information content (AvgIpc) is 3.05. The molecule has 1 aromatic heterocycles. The van der Waals surface area contributed by atoms with Crippen LogP contribution in [0.25, 0.3) is 0 Å². The molecule has 0 spiro atoms. The van der Waals surface area contributed by atoms with Gasteiger partial charge in [0.05, 0.1) is 5.69 Å². The largest absolute Gasteiger partial charge is 0.340 e. The maximum atomic E-state index is 12.9. The van der Waals surface area contributed by atoms with Gasteiger partial charge in [0.1, 0.15) is 6.04 Å². The van der Waals surface area contributed by atoms with E-state index in [-0.39, 0.29) is 11.8 Å². The predicted octanol–water partition coefficient (Wildman–Crippen LogP) is 4.60. The van der Waals surface area contributed by atoms with Crippen LogP contribution in [0.15, 0.2) is 24.3 Å². The molecule has 0 saturated heterocycles. The number of nitrogens with one attached hydrogen (secondary N) is 2. The lowest BCUT2D eigenvalue weighted by Crippen LogP contribution is -2.44. The number of anilines is 1. The summed E-state index contributed by atoms with van der Waals surface area (Å²) in [6, 6.07) is 6.82. The molecule has 7 heteroatoms. The van der Waals surface area contributed by atoms with Crippen molar-refractivity contribution in [3.63, 3.8) is 0 Å². The fourth-order valence-corrected chi connectivity index (χ4v) is 5.01. The quantitative estimate of drug-likeness (QED) is 0.672. The maximum Gasteiger partial charge on any atom is 0.251 e. The molecule has 2 aromatic rings. The minimum absolute atomic E-state index is 0.193. The second kappa shape index (κ2) is 10.8. The lowest BCUT2D eigenvalue weighted by atomic mass is 10.0. The normalized spacial score (nSPS) is 15.0. The third-order valence-electron chi connectivity index (χ3n) is 5.09. The lowest BCUT2D eigenvalue weighted by molar-refractivity contribution is -0.118. The summed E-state index contributed by atoms with van der Waals surface area (Å²) in [6.45, 7) is 1.95. The average molecular weight is 432 g/mol. The Kier molecular flexibility index (Phi) is 8.12. The van der Waals surface area contributed by atoms with Gasteiger partial charge in [-0.3, -0.25) is 9.59 Å². The van der Waals surface area contributed by atoms with E-state index in [1.54, 1.807) is 29.2 Å². The van der Waals surface area contributed by atoms with Crippen LogP contribution in [-0.2, 0) is 17.6 Å².